The molecule has 0 amide bonds. The van der Waals surface area contributed by atoms with Crippen LogP contribution in [0.5, 0.6) is 11.6 Å². The number of ether oxygens (including phenoxy) is 2. The van der Waals surface area contributed by atoms with E-state index >= 15 is 0 Å². The van der Waals surface area contributed by atoms with E-state index in [-0.39, 0.29) is 12.1 Å². The minimum atomic E-state index is -0.447. The van der Waals surface area contributed by atoms with Crippen LogP contribution in [0.3, 0.4) is 0 Å². The van der Waals surface area contributed by atoms with Crippen LogP contribution in [0.2, 0.25) is 0 Å². The van der Waals surface area contributed by atoms with Gasteiger partial charge in [-0.2, -0.15) is 0 Å². The van der Waals surface area contributed by atoms with Gasteiger partial charge in [0.15, 0.2) is 0 Å². The highest BCUT2D eigenvalue weighted by Crippen LogP contribution is 2.33. The predicted molar refractivity (Wildman–Crippen MR) is 128 cm³/mol. The minimum absolute atomic E-state index is 0.260. The molecule has 0 bridgehead atoms. The van der Waals surface area contributed by atoms with Gasteiger partial charge in [-0.1, -0.05) is 24.3 Å². The fourth-order valence-electron chi connectivity index (χ4n) is 3.90. The van der Waals surface area contributed by atoms with Crippen molar-refractivity contribution in [1.82, 2.24) is 9.88 Å². The molecule has 0 aliphatic carbocycles. The van der Waals surface area contributed by atoms with Crippen molar-refractivity contribution >= 4 is 5.97 Å². The van der Waals surface area contributed by atoms with Crippen LogP contribution in [0.4, 0.5) is 4.39 Å². The largest absolute Gasteiger partial charge is 0.481 e. The fourth-order valence-corrected chi connectivity index (χ4v) is 3.90. The van der Waals surface area contributed by atoms with E-state index in [0.717, 1.165) is 11.8 Å². The van der Waals surface area contributed by atoms with Crippen molar-refractivity contribution in [2.75, 3.05) is 7.11 Å². The number of halogens is 1. The van der Waals surface area contributed by atoms with Crippen molar-refractivity contribution in [3.8, 4) is 22.8 Å². The monoisotopic (exact) mass is 450 g/mol. The summed E-state index contributed by atoms with van der Waals surface area (Å²) >= 11 is 0. The highest BCUT2D eigenvalue weighted by molar-refractivity contribution is 5.94. The number of aromatic nitrogens is 1. The molecule has 1 heterocycles. The normalized spacial score (nSPS) is 11.3. The molecule has 0 N–H and O–H groups in total. The van der Waals surface area contributed by atoms with Gasteiger partial charge in [0, 0.05) is 30.3 Å². The number of carbonyl (C=O) groups is 1. The zero-order valence-corrected chi connectivity index (χ0v) is 20.1. The molecule has 1 aromatic heterocycles. The topological polar surface area (TPSA) is 51.7 Å². The molecule has 0 atom stereocenters. The fraction of sp³-hybridized carbons (Fsp3) is 0.333. The zero-order chi connectivity index (χ0) is 24.1. The van der Waals surface area contributed by atoms with Crippen LogP contribution in [0, 0.1) is 12.7 Å². The summed E-state index contributed by atoms with van der Waals surface area (Å²) in [5.74, 6) is -0.0906. The van der Waals surface area contributed by atoms with E-state index in [0.29, 0.717) is 40.4 Å². The lowest BCUT2D eigenvalue weighted by molar-refractivity contribution is 0.0733. The lowest BCUT2D eigenvalue weighted by Crippen LogP contribution is -2.36. The Kier molecular flexibility index (Phi) is 7.82. The number of esters is 1. The standard InChI is InChI=1S/C27H31FN2O3/c1-17(2)30(18(3)4)16-20-13-22(27(31)33-21-10-8-7-9-11-21)19(5)12-23(20)24-14-26(32-6)29-15-25(24)28/h7-15,17-18H,16H2,1-6H3. The molecule has 2 aromatic carbocycles. The Hall–Kier alpha value is -3.25. The number of rotatable bonds is 8. The Morgan fingerprint density at radius 2 is 1.70 bits per heavy atom. The van der Waals surface area contributed by atoms with Gasteiger partial charge in [-0.05, 0) is 69.5 Å². The van der Waals surface area contributed by atoms with Crippen LogP contribution in [0.25, 0.3) is 11.1 Å². The SMILES string of the molecule is COc1cc(-c2cc(C)c(C(=O)Oc3ccccc3)cc2CN(C(C)C)C(C)C)c(F)cn1. The number of methoxy groups -OCH3 is 1. The number of pyridine rings is 1. The first-order valence-electron chi connectivity index (χ1n) is 11.1. The minimum Gasteiger partial charge on any atom is -0.481 e. The van der Waals surface area contributed by atoms with Gasteiger partial charge in [0.2, 0.25) is 5.88 Å². The molecule has 0 aliphatic rings. The summed E-state index contributed by atoms with van der Waals surface area (Å²) in [4.78, 5) is 19.3. The number of hydrogen-bond donors (Lipinski definition) is 0. The van der Waals surface area contributed by atoms with Crippen molar-refractivity contribution in [2.45, 2.75) is 53.2 Å². The van der Waals surface area contributed by atoms with Gasteiger partial charge >= 0.3 is 5.97 Å². The van der Waals surface area contributed by atoms with Crippen LogP contribution in [0.1, 0.15) is 49.2 Å². The van der Waals surface area contributed by atoms with E-state index in [1.54, 1.807) is 18.2 Å². The smallest absolute Gasteiger partial charge is 0.343 e. The van der Waals surface area contributed by atoms with Crippen LogP contribution < -0.4 is 9.47 Å². The quantitative estimate of drug-likeness (QED) is 0.309. The lowest BCUT2D eigenvalue weighted by Gasteiger charge is -2.31. The molecule has 0 unspecified atom stereocenters. The molecule has 6 heteroatoms. The van der Waals surface area contributed by atoms with E-state index in [9.17, 15) is 9.18 Å². The van der Waals surface area contributed by atoms with E-state index in [4.69, 9.17) is 9.47 Å². The average Bonchev–Trinajstić information content (AvgIpc) is 2.78. The van der Waals surface area contributed by atoms with Gasteiger partial charge in [-0.3, -0.25) is 4.90 Å². The summed E-state index contributed by atoms with van der Waals surface area (Å²) in [6, 6.07) is 14.7. The summed E-state index contributed by atoms with van der Waals surface area (Å²) < 4.78 is 25.7. The van der Waals surface area contributed by atoms with Crippen LogP contribution in [-0.4, -0.2) is 35.0 Å². The molecular formula is C27H31FN2O3. The highest BCUT2D eigenvalue weighted by atomic mass is 19.1. The first-order valence-corrected chi connectivity index (χ1v) is 11.1. The maximum Gasteiger partial charge on any atom is 0.343 e. The molecule has 5 nitrogen and oxygen atoms in total. The summed E-state index contributed by atoms with van der Waals surface area (Å²) in [6.07, 6.45) is 1.16. The van der Waals surface area contributed by atoms with Crippen LogP contribution in [0.15, 0.2) is 54.7 Å². The van der Waals surface area contributed by atoms with Gasteiger partial charge in [-0.15, -0.1) is 0 Å². The first-order chi connectivity index (χ1) is 15.7. The Bertz CT molecular complexity index is 1110. The van der Waals surface area contributed by atoms with Crippen molar-refractivity contribution in [2.24, 2.45) is 0 Å². The molecule has 33 heavy (non-hydrogen) atoms. The van der Waals surface area contributed by atoms with Crippen LogP contribution >= 0.6 is 0 Å². The van der Waals surface area contributed by atoms with E-state index < -0.39 is 11.8 Å². The molecule has 174 valence electrons. The number of carbonyl (C=O) groups excluding carboxylic acids is 1. The predicted octanol–water partition coefficient (Wildman–Crippen LogP) is 6.04. The highest BCUT2D eigenvalue weighted by Gasteiger charge is 2.22. The van der Waals surface area contributed by atoms with Crippen molar-refractivity contribution in [3.05, 3.63) is 77.2 Å². The van der Waals surface area contributed by atoms with E-state index in [1.807, 2.05) is 37.3 Å². The Labute approximate surface area is 195 Å². The average molecular weight is 451 g/mol. The molecule has 0 saturated carbocycles. The number of aryl methyl sites for hydroxylation is 1. The van der Waals surface area contributed by atoms with Gasteiger partial charge in [-0.25, -0.2) is 14.2 Å². The van der Waals surface area contributed by atoms with Crippen molar-refractivity contribution < 1.29 is 18.7 Å². The number of hydrogen-bond acceptors (Lipinski definition) is 5. The Balaban J connectivity index is 2.12. The molecule has 0 saturated heterocycles. The molecule has 0 spiro atoms. The lowest BCUT2D eigenvalue weighted by atomic mass is 9.93. The number of para-hydroxylation sites is 1. The third-order valence-electron chi connectivity index (χ3n) is 5.63. The van der Waals surface area contributed by atoms with E-state index in [1.165, 1.54) is 7.11 Å². The third-order valence-corrected chi connectivity index (χ3v) is 5.63. The summed E-state index contributed by atoms with van der Waals surface area (Å²) in [6.45, 7) is 10.8. The first kappa shape index (κ1) is 24.4. The second-order valence-corrected chi connectivity index (χ2v) is 8.59. The number of benzene rings is 2. The Morgan fingerprint density at radius 1 is 1.03 bits per heavy atom. The molecule has 3 aromatic rings. The van der Waals surface area contributed by atoms with E-state index in [2.05, 4.69) is 37.6 Å². The molecule has 0 fully saturated rings. The van der Waals surface area contributed by atoms with Crippen molar-refractivity contribution in [3.63, 3.8) is 0 Å². The molecule has 0 radical (unpaired) electrons. The third kappa shape index (κ3) is 5.76. The second-order valence-electron chi connectivity index (χ2n) is 8.59. The summed E-state index contributed by atoms with van der Waals surface area (Å²) in [5.41, 5.74) is 3.07. The molecule has 3 rings (SSSR count). The Morgan fingerprint density at radius 3 is 2.30 bits per heavy atom. The molecular weight excluding hydrogens is 419 g/mol. The second kappa shape index (κ2) is 10.6. The maximum absolute atomic E-state index is 14.9. The summed E-state index contributed by atoms with van der Waals surface area (Å²) in [5, 5.41) is 0. The van der Waals surface area contributed by atoms with Gasteiger partial charge in [0.1, 0.15) is 11.6 Å². The summed E-state index contributed by atoms with van der Waals surface area (Å²) in [7, 11) is 1.50. The van der Waals surface area contributed by atoms with Crippen LogP contribution in [-0.2, 0) is 6.54 Å². The maximum atomic E-state index is 14.9. The van der Waals surface area contributed by atoms with Crippen molar-refractivity contribution in [1.29, 1.82) is 0 Å². The molecule has 0 aliphatic heterocycles. The van der Waals surface area contributed by atoms with Gasteiger partial charge < -0.3 is 9.47 Å². The number of nitrogens with zero attached hydrogens (tertiary/aromatic N) is 2. The van der Waals surface area contributed by atoms with Gasteiger partial charge in [0.05, 0.1) is 18.9 Å². The zero-order valence-electron chi connectivity index (χ0n) is 20.1. The van der Waals surface area contributed by atoms with Gasteiger partial charge in [0.25, 0.3) is 0 Å².